The Kier molecular flexibility index (Phi) is 4.46. The van der Waals surface area contributed by atoms with Crippen LogP contribution in [0.15, 0.2) is 18.2 Å². The molecule has 1 heterocycles. The molecule has 2 rings (SSSR count). The number of hydrogen-bond donors (Lipinski definition) is 2. The van der Waals surface area contributed by atoms with Gasteiger partial charge in [0.05, 0.1) is 43.4 Å². The van der Waals surface area contributed by atoms with E-state index in [4.69, 9.17) is 15.2 Å². The minimum Gasteiger partial charge on any atom is -0.465 e. The quantitative estimate of drug-likeness (QED) is 0.624. The number of carbonyl (C=O) groups excluding carboxylic acids is 1. The first-order valence-corrected chi connectivity index (χ1v) is 6.54. The van der Waals surface area contributed by atoms with Gasteiger partial charge in [-0.3, -0.25) is 0 Å². The molecule has 2 atom stereocenters. The summed E-state index contributed by atoms with van der Waals surface area (Å²) in [5, 5.41) is 9.24. The number of esters is 1. The number of aliphatic hydroxyl groups is 1. The Morgan fingerprint density at radius 3 is 3.00 bits per heavy atom. The minimum atomic E-state index is -0.455. The van der Waals surface area contributed by atoms with E-state index in [1.54, 1.807) is 12.1 Å². The van der Waals surface area contributed by atoms with Gasteiger partial charge < -0.3 is 25.2 Å². The average molecular weight is 280 g/mol. The van der Waals surface area contributed by atoms with Crippen LogP contribution in [0.2, 0.25) is 0 Å². The zero-order valence-corrected chi connectivity index (χ0v) is 11.7. The molecule has 110 valence electrons. The molecule has 0 spiro atoms. The lowest BCUT2D eigenvalue weighted by Crippen LogP contribution is -2.49. The highest BCUT2D eigenvalue weighted by Crippen LogP contribution is 2.30. The molecule has 1 fully saturated rings. The summed E-state index contributed by atoms with van der Waals surface area (Å²) in [6.45, 7) is 3.01. The highest BCUT2D eigenvalue weighted by molar-refractivity contribution is 5.98. The number of hydrogen-bond acceptors (Lipinski definition) is 6. The van der Waals surface area contributed by atoms with Crippen molar-refractivity contribution in [2.75, 3.05) is 37.5 Å². The van der Waals surface area contributed by atoms with Gasteiger partial charge in [0.15, 0.2) is 0 Å². The number of anilines is 2. The second-order valence-corrected chi connectivity index (χ2v) is 4.87. The number of morpholine rings is 1. The van der Waals surface area contributed by atoms with Gasteiger partial charge in [0, 0.05) is 12.6 Å². The fourth-order valence-electron chi connectivity index (χ4n) is 2.35. The standard InChI is InChI=1S/C14H20N2O4/c1-9-8-20-10(7-17)6-16(9)12-5-3-4-11(13(12)15)14(18)19-2/h3-5,9-10,17H,6-8,15H2,1-2H3. The number of nitrogens with two attached hydrogens (primary N) is 1. The number of aliphatic hydroxyl groups excluding tert-OH is 1. The molecule has 1 aliphatic rings. The highest BCUT2D eigenvalue weighted by atomic mass is 16.5. The number of ether oxygens (including phenoxy) is 2. The predicted molar refractivity (Wildman–Crippen MR) is 75.8 cm³/mol. The molecule has 0 aliphatic carbocycles. The molecule has 1 aromatic carbocycles. The SMILES string of the molecule is COC(=O)c1cccc(N2CC(CO)OCC2C)c1N. The predicted octanol–water partition coefficient (Wildman–Crippen LogP) is 0.641. The first-order valence-electron chi connectivity index (χ1n) is 6.54. The first kappa shape index (κ1) is 14.6. The number of rotatable bonds is 3. The normalized spacial score (nSPS) is 22.6. The van der Waals surface area contributed by atoms with Crippen molar-refractivity contribution in [1.29, 1.82) is 0 Å². The van der Waals surface area contributed by atoms with E-state index in [1.165, 1.54) is 7.11 Å². The van der Waals surface area contributed by atoms with Gasteiger partial charge in [-0.15, -0.1) is 0 Å². The Morgan fingerprint density at radius 2 is 2.35 bits per heavy atom. The summed E-state index contributed by atoms with van der Waals surface area (Å²) in [6, 6.07) is 5.39. The van der Waals surface area contributed by atoms with E-state index in [-0.39, 0.29) is 18.8 Å². The topological polar surface area (TPSA) is 85.0 Å². The maximum Gasteiger partial charge on any atom is 0.340 e. The van der Waals surface area contributed by atoms with Crippen molar-refractivity contribution in [3.63, 3.8) is 0 Å². The van der Waals surface area contributed by atoms with Gasteiger partial charge in [0.2, 0.25) is 0 Å². The van der Waals surface area contributed by atoms with E-state index < -0.39 is 5.97 Å². The van der Waals surface area contributed by atoms with Gasteiger partial charge in [-0.25, -0.2) is 4.79 Å². The second kappa shape index (κ2) is 6.11. The van der Waals surface area contributed by atoms with Crippen LogP contribution in [0.4, 0.5) is 11.4 Å². The zero-order chi connectivity index (χ0) is 14.7. The molecule has 6 nitrogen and oxygen atoms in total. The third-order valence-corrected chi connectivity index (χ3v) is 3.51. The third kappa shape index (κ3) is 2.71. The Hall–Kier alpha value is -1.79. The first-order chi connectivity index (χ1) is 9.58. The Labute approximate surface area is 118 Å². The van der Waals surface area contributed by atoms with Crippen molar-refractivity contribution in [2.45, 2.75) is 19.1 Å². The number of nitrogen functional groups attached to an aromatic ring is 1. The van der Waals surface area contributed by atoms with Crippen LogP contribution in [0.3, 0.4) is 0 Å². The Morgan fingerprint density at radius 1 is 1.60 bits per heavy atom. The van der Waals surface area contributed by atoms with Crippen molar-refractivity contribution in [1.82, 2.24) is 0 Å². The summed E-state index contributed by atoms with van der Waals surface area (Å²) in [5.74, 6) is -0.455. The van der Waals surface area contributed by atoms with Gasteiger partial charge in [-0.1, -0.05) is 6.07 Å². The lowest BCUT2D eigenvalue weighted by atomic mass is 10.1. The van der Waals surface area contributed by atoms with Crippen LogP contribution in [-0.4, -0.2) is 50.1 Å². The van der Waals surface area contributed by atoms with Crippen LogP contribution < -0.4 is 10.6 Å². The molecule has 1 aromatic rings. The Balaban J connectivity index is 2.34. The molecule has 1 aliphatic heterocycles. The maximum atomic E-state index is 11.7. The van der Waals surface area contributed by atoms with Crippen LogP contribution in [0.5, 0.6) is 0 Å². The van der Waals surface area contributed by atoms with Gasteiger partial charge in [0.25, 0.3) is 0 Å². The van der Waals surface area contributed by atoms with E-state index in [0.717, 1.165) is 5.69 Å². The fourth-order valence-corrected chi connectivity index (χ4v) is 2.35. The number of nitrogens with zero attached hydrogens (tertiary/aromatic N) is 1. The van der Waals surface area contributed by atoms with Crippen molar-refractivity contribution in [3.05, 3.63) is 23.8 Å². The van der Waals surface area contributed by atoms with Crippen molar-refractivity contribution in [3.8, 4) is 0 Å². The number of benzene rings is 1. The lowest BCUT2D eigenvalue weighted by molar-refractivity contribution is -0.0102. The molecule has 6 heteroatoms. The number of methoxy groups -OCH3 is 1. The molecule has 20 heavy (non-hydrogen) atoms. The molecule has 3 N–H and O–H groups in total. The summed E-state index contributed by atoms with van der Waals surface area (Å²) in [6.07, 6.45) is -0.243. The summed E-state index contributed by atoms with van der Waals surface area (Å²) in [7, 11) is 1.33. The maximum absolute atomic E-state index is 11.7. The molecule has 0 amide bonds. The van der Waals surface area contributed by atoms with Gasteiger partial charge in [-0.05, 0) is 19.1 Å². The van der Waals surface area contributed by atoms with E-state index in [9.17, 15) is 9.90 Å². The Bertz CT molecular complexity index is 492. The van der Waals surface area contributed by atoms with Crippen LogP contribution in [0.25, 0.3) is 0 Å². The number of carbonyl (C=O) groups is 1. The van der Waals surface area contributed by atoms with Crippen molar-refractivity contribution < 1.29 is 19.4 Å². The van der Waals surface area contributed by atoms with Crippen molar-refractivity contribution in [2.24, 2.45) is 0 Å². The molecule has 0 bridgehead atoms. The smallest absolute Gasteiger partial charge is 0.340 e. The van der Waals surface area contributed by atoms with Crippen LogP contribution in [-0.2, 0) is 9.47 Å². The summed E-state index contributed by atoms with van der Waals surface area (Å²) in [4.78, 5) is 13.7. The highest BCUT2D eigenvalue weighted by Gasteiger charge is 2.28. The molecule has 2 unspecified atom stereocenters. The van der Waals surface area contributed by atoms with Crippen LogP contribution >= 0.6 is 0 Å². The van der Waals surface area contributed by atoms with Crippen molar-refractivity contribution >= 4 is 17.3 Å². The van der Waals surface area contributed by atoms with E-state index in [2.05, 4.69) is 0 Å². The molecule has 1 saturated heterocycles. The summed E-state index contributed by atoms with van der Waals surface area (Å²) in [5.41, 5.74) is 7.60. The molecule has 0 saturated carbocycles. The van der Waals surface area contributed by atoms with E-state index in [1.807, 2.05) is 17.9 Å². The van der Waals surface area contributed by atoms with Crippen LogP contribution in [0.1, 0.15) is 17.3 Å². The largest absolute Gasteiger partial charge is 0.465 e. The van der Waals surface area contributed by atoms with E-state index >= 15 is 0 Å². The van der Waals surface area contributed by atoms with Gasteiger partial charge in [0.1, 0.15) is 0 Å². The van der Waals surface area contributed by atoms with E-state index in [0.29, 0.717) is 24.4 Å². The second-order valence-electron chi connectivity index (χ2n) is 4.87. The summed E-state index contributed by atoms with van der Waals surface area (Å²) >= 11 is 0. The van der Waals surface area contributed by atoms with Gasteiger partial charge in [-0.2, -0.15) is 0 Å². The molecule has 0 radical (unpaired) electrons. The minimum absolute atomic E-state index is 0.0418. The molecule has 0 aromatic heterocycles. The van der Waals surface area contributed by atoms with Gasteiger partial charge >= 0.3 is 5.97 Å². The van der Waals surface area contributed by atoms with Crippen LogP contribution in [0, 0.1) is 0 Å². The molecular formula is C14H20N2O4. The molecular weight excluding hydrogens is 260 g/mol. The summed E-state index contributed by atoms with van der Waals surface area (Å²) < 4.78 is 10.2. The fraction of sp³-hybridized carbons (Fsp3) is 0.500. The number of para-hydroxylation sites is 1. The monoisotopic (exact) mass is 280 g/mol. The lowest BCUT2D eigenvalue weighted by Gasteiger charge is -2.39. The average Bonchev–Trinajstić information content (AvgIpc) is 2.47. The third-order valence-electron chi connectivity index (χ3n) is 3.51. The zero-order valence-electron chi connectivity index (χ0n) is 11.7.